The molecule has 0 bridgehead atoms. The zero-order valence-corrected chi connectivity index (χ0v) is 14.1. The van der Waals surface area contributed by atoms with Gasteiger partial charge in [-0.1, -0.05) is 0 Å². The van der Waals surface area contributed by atoms with Crippen LogP contribution in [0.5, 0.6) is 0 Å². The van der Waals surface area contributed by atoms with Gasteiger partial charge in [-0.2, -0.15) is 5.10 Å². The number of nitrogens with zero attached hydrogens (tertiary/aromatic N) is 3. The number of aryl methyl sites for hydroxylation is 1. The van der Waals surface area contributed by atoms with E-state index in [2.05, 4.69) is 20.2 Å². The molecule has 128 valence electrons. The molecule has 2 fully saturated rings. The van der Waals surface area contributed by atoms with Crippen LogP contribution in [0.1, 0.15) is 46.3 Å². The third-order valence-electron chi connectivity index (χ3n) is 5.22. The van der Waals surface area contributed by atoms with Gasteiger partial charge in [0.25, 0.3) is 5.91 Å². The van der Waals surface area contributed by atoms with Crippen LogP contribution in [0.25, 0.3) is 0 Å². The Kier molecular flexibility index (Phi) is 3.88. The maximum Gasteiger partial charge on any atom is 0.255 e. The monoisotopic (exact) mass is 329 g/mol. The molecule has 0 unspecified atom stereocenters. The summed E-state index contributed by atoms with van der Waals surface area (Å²) in [5, 5.41) is 7.34. The van der Waals surface area contributed by atoms with Crippen molar-refractivity contribution < 1.29 is 9.53 Å². The minimum Gasteiger partial charge on any atom is -0.377 e. The topological polar surface area (TPSA) is 86.9 Å². The van der Waals surface area contributed by atoms with Crippen molar-refractivity contribution in [2.24, 2.45) is 11.8 Å². The largest absolute Gasteiger partial charge is 0.377 e. The summed E-state index contributed by atoms with van der Waals surface area (Å²) in [5.41, 5.74) is 1.76. The summed E-state index contributed by atoms with van der Waals surface area (Å²) >= 11 is 0. The highest BCUT2D eigenvalue weighted by Crippen LogP contribution is 2.47. The van der Waals surface area contributed by atoms with Gasteiger partial charge >= 0.3 is 0 Å². The predicted octanol–water partition coefficient (Wildman–Crippen LogP) is 1.85. The Morgan fingerprint density at radius 1 is 1.38 bits per heavy atom. The Labute approximate surface area is 140 Å². The second-order valence-electron chi connectivity index (χ2n) is 6.94. The normalized spacial score (nSPS) is 23.8. The molecule has 1 saturated carbocycles. The van der Waals surface area contributed by atoms with Crippen LogP contribution in [0.2, 0.25) is 0 Å². The first kappa shape index (κ1) is 15.4. The minimum absolute atomic E-state index is 0.106. The average molecular weight is 329 g/mol. The van der Waals surface area contributed by atoms with Crippen molar-refractivity contribution in [2.45, 2.75) is 32.3 Å². The van der Waals surface area contributed by atoms with Gasteiger partial charge in [-0.15, -0.1) is 0 Å². The quantitative estimate of drug-likeness (QED) is 0.876. The van der Waals surface area contributed by atoms with Crippen molar-refractivity contribution in [3.05, 3.63) is 35.2 Å². The number of rotatable bonds is 5. The lowest BCUT2D eigenvalue weighted by atomic mass is 9.91. The van der Waals surface area contributed by atoms with E-state index in [1.165, 1.54) is 12.8 Å². The van der Waals surface area contributed by atoms with Gasteiger partial charge < -0.3 is 14.6 Å². The molecule has 0 radical (unpaired) electrons. The Morgan fingerprint density at radius 2 is 2.21 bits per heavy atom. The van der Waals surface area contributed by atoms with Gasteiger partial charge in [0, 0.05) is 38.5 Å². The summed E-state index contributed by atoms with van der Waals surface area (Å²) in [7, 11) is 1.64. The Bertz CT molecular complexity index is 733. The second kappa shape index (κ2) is 6.05. The van der Waals surface area contributed by atoms with Crippen LogP contribution >= 0.6 is 0 Å². The van der Waals surface area contributed by atoms with E-state index >= 15 is 0 Å². The van der Waals surface area contributed by atoms with Gasteiger partial charge in [-0.05, 0) is 37.2 Å². The molecule has 24 heavy (non-hydrogen) atoms. The van der Waals surface area contributed by atoms with Crippen molar-refractivity contribution in [1.29, 1.82) is 0 Å². The van der Waals surface area contributed by atoms with Crippen LogP contribution in [0, 0.1) is 18.8 Å². The minimum atomic E-state index is 0.106. The maximum absolute atomic E-state index is 12.8. The van der Waals surface area contributed by atoms with Crippen LogP contribution < -0.4 is 0 Å². The average Bonchev–Trinajstić information content (AvgIpc) is 2.99. The molecule has 7 nitrogen and oxygen atoms in total. The molecule has 2 atom stereocenters. The molecule has 4 rings (SSSR count). The first-order valence-corrected chi connectivity index (χ1v) is 8.50. The van der Waals surface area contributed by atoms with Gasteiger partial charge in [0.1, 0.15) is 6.61 Å². The van der Waals surface area contributed by atoms with Crippen LogP contribution in [0.3, 0.4) is 0 Å². The maximum atomic E-state index is 12.8. The van der Waals surface area contributed by atoms with Gasteiger partial charge in [0.2, 0.25) is 0 Å². The van der Waals surface area contributed by atoms with E-state index < -0.39 is 0 Å². The number of nitrogens with one attached hydrogen (secondary N) is 2. The molecule has 7 heteroatoms. The van der Waals surface area contributed by atoms with E-state index in [0.717, 1.165) is 29.3 Å². The van der Waals surface area contributed by atoms with Gasteiger partial charge in [0.15, 0.2) is 11.6 Å². The highest BCUT2D eigenvalue weighted by molar-refractivity contribution is 5.95. The number of amides is 1. The third kappa shape index (κ3) is 2.73. The smallest absolute Gasteiger partial charge is 0.255 e. The van der Waals surface area contributed by atoms with E-state index in [0.29, 0.717) is 25.0 Å². The number of hydrogen-bond acceptors (Lipinski definition) is 4. The summed E-state index contributed by atoms with van der Waals surface area (Å²) < 4.78 is 5.11. The number of aromatic amines is 2. The number of aromatic nitrogens is 4. The molecule has 2 N–H and O–H groups in total. The molecular formula is C17H23N5O2. The molecule has 2 aliphatic rings. The number of carbonyl (C=O) groups is 1. The lowest BCUT2D eigenvalue weighted by Crippen LogP contribution is -2.29. The summed E-state index contributed by atoms with van der Waals surface area (Å²) in [5.74, 6) is 3.04. The molecule has 3 heterocycles. The molecule has 0 spiro atoms. The highest BCUT2D eigenvalue weighted by Gasteiger charge is 2.46. The van der Waals surface area contributed by atoms with Gasteiger partial charge in [-0.25, -0.2) is 4.98 Å². The van der Waals surface area contributed by atoms with Crippen LogP contribution in [-0.4, -0.2) is 51.2 Å². The zero-order chi connectivity index (χ0) is 16.7. The molecule has 1 aliphatic carbocycles. The van der Waals surface area contributed by atoms with Crippen LogP contribution in [-0.2, 0) is 11.3 Å². The fourth-order valence-corrected chi connectivity index (χ4v) is 3.79. The Hall–Kier alpha value is -2.15. The third-order valence-corrected chi connectivity index (χ3v) is 5.22. The molecule has 1 saturated heterocycles. The van der Waals surface area contributed by atoms with E-state index in [-0.39, 0.29) is 11.8 Å². The van der Waals surface area contributed by atoms with Crippen molar-refractivity contribution in [3.8, 4) is 0 Å². The van der Waals surface area contributed by atoms with Crippen molar-refractivity contribution in [1.82, 2.24) is 25.1 Å². The number of H-pyrrole nitrogens is 2. The van der Waals surface area contributed by atoms with E-state index in [1.807, 2.05) is 18.0 Å². The number of carbonyl (C=O) groups excluding carboxylic acids is 1. The summed E-state index contributed by atoms with van der Waals surface area (Å²) in [6.07, 6.45) is 6.16. The SMILES string of the molecule is COCc1nc([C@H]2CN(C(=O)c3c[nH]cc3C)C[C@@H]2C2CC2)n[nH]1. The fraction of sp³-hybridized carbons (Fsp3) is 0.588. The van der Waals surface area contributed by atoms with Gasteiger partial charge in [0.05, 0.1) is 5.56 Å². The van der Waals surface area contributed by atoms with Crippen LogP contribution in [0.15, 0.2) is 12.4 Å². The molecule has 2 aromatic rings. The first-order chi connectivity index (χ1) is 11.7. The van der Waals surface area contributed by atoms with Crippen molar-refractivity contribution in [3.63, 3.8) is 0 Å². The van der Waals surface area contributed by atoms with E-state index in [4.69, 9.17) is 4.74 Å². The standard InChI is InChI=1S/C17H23N5O2/c1-10-5-18-6-12(10)17(23)22-7-13(11-3-4-11)14(8-22)16-19-15(9-24-2)20-21-16/h5-6,11,13-14,18H,3-4,7-9H2,1-2H3,(H,19,20,21)/t13-,14+/m1/s1. The summed E-state index contributed by atoms with van der Waals surface area (Å²) in [4.78, 5) is 22.4. The zero-order valence-electron chi connectivity index (χ0n) is 14.1. The number of hydrogen-bond donors (Lipinski definition) is 2. The first-order valence-electron chi connectivity index (χ1n) is 8.50. The van der Waals surface area contributed by atoms with E-state index in [1.54, 1.807) is 13.3 Å². The number of methoxy groups -OCH3 is 1. The van der Waals surface area contributed by atoms with Crippen molar-refractivity contribution in [2.75, 3.05) is 20.2 Å². The second-order valence-corrected chi connectivity index (χ2v) is 6.94. The number of likely N-dealkylation sites (tertiary alicyclic amines) is 1. The lowest BCUT2D eigenvalue weighted by molar-refractivity contribution is 0.0784. The fourth-order valence-electron chi connectivity index (χ4n) is 3.79. The Balaban J connectivity index is 1.55. The van der Waals surface area contributed by atoms with Crippen molar-refractivity contribution >= 4 is 5.91 Å². The molecule has 1 aliphatic heterocycles. The van der Waals surface area contributed by atoms with E-state index in [9.17, 15) is 4.79 Å². The molecular weight excluding hydrogens is 306 g/mol. The molecule has 0 aromatic carbocycles. The van der Waals surface area contributed by atoms with Gasteiger partial charge in [-0.3, -0.25) is 9.89 Å². The highest BCUT2D eigenvalue weighted by atomic mass is 16.5. The number of ether oxygens (including phenoxy) is 1. The summed E-state index contributed by atoms with van der Waals surface area (Å²) in [6.45, 7) is 3.88. The lowest BCUT2D eigenvalue weighted by Gasteiger charge is -2.16. The summed E-state index contributed by atoms with van der Waals surface area (Å²) in [6, 6.07) is 0. The molecule has 1 amide bonds. The van der Waals surface area contributed by atoms with Crippen LogP contribution in [0.4, 0.5) is 0 Å². The Morgan fingerprint density at radius 3 is 2.88 bits per heavy atom. The predicted molar refractivity (Wildman–Crippen MR) is 87.5 cm³/mol. The molecule has 2 aromatic heterocycles.